The maximum atomic E-state index is 12.9. The van der Waals surface area contributed by atoms with Crippen LogP contribution in [0.4, 0.5) is 5.69 Å². The zero-order valence-electron chi connectivity index (χ0n) is 23.0. The van der Waals surface area contributed by atoms with Gasteiger partial charge in [0.25, 0.3) is 5.91 Å². The van der Waals surface area contributed by atoms with Gasteiger partial charge in [-0.2, -0.15) is 0 Å². The molecule has 6 rings (SSSR count). The number of anilines is 1. The summed E-state index contributed by atoms with van der Waals surface area (Å²) in [7, 11) is 1.82. The Hall–Kier alpha value is -4.85. The maximum Gasteiger partial charge on any atom is 0.269 e. The summed E-state index contributed by atoms with van der Waals surface area (Å²) in [5.74, 6) is 0.545. The van der Waals surface area contributed by atoms with Gasteiger partial charge >= 0.3 is 0 Å². The summed E-state index contributed by atoms with van der Waals surface area (Å²) in [6.45, 7) is 1.90. The molecular formula is C29H31N9O4. The average Bonchev–Trinajstić information content (AvgIpc) is 3.79. The van der Waals surface area contributed by atoms with Crippen LogP contribution >= 0.6 is 0 Å². The fourth-order valence-corrected chi connectivity index (χ4v) is 4.78. The third-order valence-corrected chi connectivity index (χ3v) is 6.96. The van der Waals surface area contributed by atoms with Crippen molar-refractivity contribution < 1.29 is 18.7 Å². The normalized spacial score (nSPS) is 17.4. The van der Waals surface area contributed by atoms with Crippen LogP contribution in [0.1, 0.15) is 28.5 Å². The fourth-order valence-electron chi connectivity index (χ4n) is 4.78. The number of amidine groups is 1. The van der Waals surface area contributed by atoms with Gasteiger partial charge in [0.15, 0.2) is 11.4 Å². The number of nitrogens with zero attached hydrogens (tertiary/aromatic N) is 4. The van der Waals surface area contributed by atoms with Gasteiger partial charge in [0, 0.05) is 44.2 Å². The molecule has 216 valence electrons. The molecule has 2 atom stereocenters. The zero-order chi connectivity index (χ0) is 28.9. The molecule has 13 nitrogen and oxygen atoms in total. The van der Waals surface area contributed by atoms with Crippen LogP contribution in [0.2, 0.25) is 0 Å². The van der Waals surface area contributed by atoms with Crippen molar-refractivity contribution in [2.75, 3.05) is 38.7 Å². The predicted molar refractivity (Wildman–Crippen MR) is 156 cm³/mol. The highest BCUT2D eigenvalue weighted by Crippen LogP contribution is 2.27. The summed E-state index contributed by atoms with van der Waals surface area (Å²) in [4.78, 5) is 34.2. The number of hydrazone groups is 1. The van der Waals surface area contributed by atoms with Crippen LogP contribution in [0.25, 0.3) is 22.6 Å². The highest BCUT2D eigenvalue weighted by molar-refractivity contribution is 5.95. The molecule has 1 fully saturated rings. The van der Waals surface area contributed by atoms with Crippen molar-refractivity contribution >= 4 is 34.4 Å². The first kappa shape index (κ1) is 27.3. The quantitative estimate of drug-likeness (QED) is 0.179. The third-order valence-electron chi connectivity index (χ3n) is 6.96. The summed E-state index contributed by atoms with van der Waals surface area (Å²) < 4.78 is 11.2. The molecule has 2 aliphatic rings. The van der Waals surface area contributed by atoms with Crippen LogP contribution < -0.4 is 26.9 Å². The highest BCUT2D eigenvalue weighted by atomic mass is 16.5. The number of hydrogen-bond donors (Lipinski definition) is 5. The maximum absolute atomic E-state index is 12.9. The minimum atomic E-state index is -0.315. The van der Waals surface area contributed by atoms with Gasteiger partial charge in [0.2, 0.25) is 11.8 Å². The van der Waals surface area contributed by atoms with E-state index in [1.165, 1.54) is 0 Å². The number of nitrogens with one attached hydrogen (secondary N) is 5. The molecule has 42 heavy (non-hydrogen) atoms. The molecule has 0 aliphatic carbocycles. The van der Waals surface area contributed by atoms with E-state index in [-0.39, 0.29) is 29.5 Å². The minimum Gasteiger partial charge on any atom is -0.436 e. The number of fused-ring (bicyclic) bond motifs is 1. The Morgan fingerprint density at radius 2 is 2.00 bits per heavy atom. The SMILES string of the molecule is CN1NN=C(C(NCCNC(=O)c2cc(-c3nc4cc(NC(=O)[C@H]5CCOC5)ccc4o3)ccn2)c2ccccc2)N1. The molecule has 2 amide bonds. The lowest BCUT2D eigenvalue weighted by atomic mass is 10.1. The summed E-state index contributed by atoms with van der Waals surface area (Å²) >= 11 is 0. The molecule has 2 aliphatic heterocycles. The molecule has 4 heterocycles. The first-order valence-corrected chi connectivity index (χ1v) is 13.7. The van der Waals surface area contributed by atoms with Crippen molar-refractivity contribution in [2.45, 2.75) is 12.5 Å². The number of aromatic nitrogens is 2. The molecule has 4 aromatic rings. The number of rotatable bonds is 10. The lowest BCUT2D eigenvalue weighted by Crippen LogP contribution is -2.44. The van der Waals surface area contributed by atoms with Crippen LogP contribution in [0.3, 0.4) is 0 Å². The Balaban J connectivity index is 1.07. The third kappa shape index (κ3) is 6.22. The molecule has 0 saturated carbocycles. The standard InChI is InChI=1S/C29H31N9O4/c1-38-36-26(35-37-38)25(18-5-3-2-4-6-18)31-12-13-32-28(40)23-15-19(9-11-30-23)29-34-22-16-21(7-8-24(22)42-29)33-27(39)20-10-14-41-17-20/h2-9,11,15-16,20,25,31,37H,10,12-14,17H2,1H3,(H,32,40)(H,33,39)(H,35,36)/t20-,25?/m0/s1. The Labute approximate surface area is 241 Å². The summed E-state index contributed by atoms with van der Waals surface area (Å²) in [6.07, 6.45) is 2.26. The monoisotopic (exact) mass is 569 g/mol. The highest BCUT2D eigenvalue weighted by Gasteiger charge is 2.24. The number of carbonyl (C=O) groups is 2. The second-order valence-corrected chi connectivity index (χ2v) is 10.0. The zero-order valence-corrected chi connectivity index (χ0v) is 23.0. The number of hydrazine groups is 2. The van der Waals surface area contributed by atoms with Crippen LogP contribution in [-0.2, 0) is 9.53 Å². The van der Waals surface area contributed by atoms with Crippen LogP contribution in [-0.4, -0.2) is 66.1 Å². The summed E-state index contributed by atoms with van der Waals surface area (Å²) in [6, 6.07) is 18.4. The molecule has 1 unspecified atom stereocenters. The largest absolute Gasteiger partial charge is 0.436 e. The van der Waals surface area contributed by atoms with Gasteiger partial charge in [-0.3, -0.25) is 20.0 Å². The topological polar surface area (TPSA) is 158 Å². The van der Waals surface area contributed by atoms with Crippen molar-refractivity contribution in [2.24, 2.45) is 11.0 Å². The van der Waals surface area contributed by atoms with Crippen molar-refractivity contribution in [1.82, 2.24) is 36.7 Å². The Kier molecular flexibility index (Phi) is 8.03. The lowest BCUT2D eigenvalue weighted by molar-refractivity contribution is -0.119. The summed E-state index contributed by atoms with van der Waals surface area (Å²) in [5.41, 5.74) is 9.71. The van der Waals surface area contributed by atoms with E-state index in [1.807, 2.05) is 37.4 Å². The van der Waals surface area contributed by atoms with E-state index in [4.69, 9.17) is 9.15 Å². The van der Waals surface area contributed by atoms with E-state index in [0.29, 0.717) is 61.0 Å². The lowest BCUT2D eigenvalue weighted by Gasteiger charge is -2.20. The van der Waals surface area contributed by atoms with Crippen molar-refractivity contribution in [3.05, 3.63) is 78.1 Å². The Morgan fingerprint density at radius 3 is 2.79 bits per heavy atom. The average molecular weight is 570 g/mol. The Morgan fingerprint density at radius 1 is 1.12 bits per heavy atom. The van der Waals surface area contributed by atoms with Crippen molar-refractivity contribution in [1.29, 1.82) is 0 Å². The van der Waals surface area contributed by atoms with Gasteiger partial charge in [-0.15, -0.1) is 10.2 Å². The first-order valence-electron chi connectivity index (χ1n) is 13.7. The molecule has 5 N–H and O–H groups in total. The Bertz CT molecular complexity index is 1600. The van der Waals surface area contributed by atoms with E-state index in [9.17, 15) is 9.59 Å². The number of ether oxygens (including phenoxy) is 1. The van der Waals surface area contributed by atoms with E-state index in [0.717, 1.165) is 11.4 Å². The molecule has 1 saturated heterocycles. The van der Waals surface area contributed by atoms with E-state index >= 15 is 0 Å². The number of oxazole rings is 1. The molecule has 2 aromatic heterocycles. The van der Waals surface area contributed by atoms with Gasteiger partial charge in [-0.25, -0.2) is 10.5 Å². The molecule has 0 radical (unpaired) electrons. The van der Waals surface area contributed by atoms with Gasteiger partial charge in [-0.1, -0.05) is 30.3 Å². The fraction of sp³-hybridized carbons (Fsp3) is 0.276. The first-order chi connectivity index (χ1) is 20.5. The number of amides is 2. The smallest absolute Gasteiger partial charge is 0.269 e. The summed E-state index contributed by atoms with van der Waals surface area (Å²) in [5, 5.41) is 15.3. The molecular weight excluding hydrogens is 538 g/mol. The van der Waals surface area contributed by atoms with Gasteiger partial charge in [0.1, 0.15) is 11.2 Å². The van der Waals surface area contributed by atoms with E-state index in [2.05, 4.69) is 42.0 Å². The van der Waals surface area contributed by atoms with Crippen LogP contribution in [0.5, 0.6) is 0 Å². The van der Waals surface area contributed by atoms with Crippen molar-refractivity contribution in [3.8, 4) is 11.5 Å². The van der Waals surface area contributed by atoms with Crippen molar-refractivity contribution in [3.63, 3.8) is 0 Å². The minimum absolute atomic E-state index is 0.0697. The van der Waals surface area contributed by atoms with Crippen LogP contribution in [0, 0.1) is 5.92 Å². The number of pyridine rings is 1. The van der Waals surface area contributed by atoms with Gasteiger partial charge in [0.05, 0.1) is 18.6 Å². The number of benzene rings is 2. The molecule has 2 aromatic carbocycles. The molecule has 13 heteroatoms. The van der Waals surface area contributed by atoms with Gasteiger partial charge in [-0.05, 0) is 42.3 Å². The second kappa shape index (κ2) is 12.3. The van der Waals surface area contributed by atoms with Crippen LogP contribution in [0.15, 0.2) is 76.4 Å². The van der Waals surface area contributed by atoms with Gasteiger partial charge < -0.3 is 25.1 Å². The molecule has 0 bridgehead atoms. The number of carbonyl (C=O) groups excluding carboxylic acids is 2. The second-order valence-electron chi connectivity index (χ2n) is 10.0. The van der Waals surface area contributed by atoms with E-state index in [1.54, 1.807) is 41.6 Å². The van der Waals surface area contributed by atoms with E-state index < -0.39 is 0 Å². The molecule has 0 spiro atoms. The number of hydrogen-bond acceptors (Lipinski definition) is 11. The predicted octanol–water partition coefficient (Wildman–Crippen LogP) is 2.19.